The van der Waals surface area contributed by atoms with Gasteiger partial charge in [-0.1, -0.05) is 12.8 Å². The van der Waals surface area contributed by atoms with E-state index in [1.54, 1.807) is 0 Å². The number of hydrogen-bond acceptors (Lipinski definition) is 1. The molecule has 0 spiro atoms. The number of rotatable bonds is 1. The first kappa shape index (κ1) is 7.37. The molecule has 3 aliphatic rings. The van der Waals surface area contributed by atoms with E-state index in [1.165, 1.54) is 44.9 Å². The lowest BCUT2D eigenvalue weighted by Gasteiger charge is -2.75. The number of hydrogen-bond donors (Lipinski definition) is 1. The van der Waals surface area contributed by atoms with Crippen LogP contribution in [0.3, 0.4) is 0 Å². The van der Waals surface area contributed by atoms with E-state index >= 15 is 0 Å². The van der Waals surface area contributed by atoms with Crippen molar-refractivity contribution in [3.8, 4) is 0 Å². The first-order valence-electron chi connectivity index (χ1n) is 5.44. The van der Waals surface area contributed by atoms with Crippen molar-refractivity contribution in [2.45, 2.75) is 44.9 Å². The molecule has 0 bridgehead atoms. The molecule has 0 aromatic rings. The molecule has 1 nitrogen and oxygen atoms in total. The normalized spacial score (nSPS) is 56.2. The maximum atomic E-state index is 9.24. The van der Waals surface area contributed by atoms with Gasteiger partial charge in [-0.15, -0.1) is 0 Å². The Hall–Kier alpha value is -0.0400. The largest absolute Gasteiger partial charge is 0.396 e. The van der Waals surface area contributed by atoms with Gasteiger partial charge in [0.2, 0.25) is 0 Å². The molecule has 1 N–H and O–H groups in total. The third-order valence-electron chi connectivity index (χ3n) is 5.27. The van der Waals surface area contributed by atoms with Crippen molar-refractivity contribution < 1.29 is 5.11 Å². The predicted octanol–water partition coefficient (Wildman–Crippen LogP) is 2.34. The van der Waals surface area contributed by atoms with Crippen LogP contribution in [0.25, 0.3) is 0 Å². The Labute approximate surface area is 74.2 Å². The summed E-state index contributed by atoms with van der Waals surface area (Å²) in [6.45, 7) is 0.460. The average molecular weight is 166 g/mol. The Kier molecular flexibility index (Phi) is 1.27. The van der Waals surface area contributed by atoms with Crippen molar-refractivity contribution >= 4 is 0 Å². The second-order valence-corrected chi connectivity index (χ2v) is 5.23. The van der Waals surface area contributed by atoms with Gasteiger partial charge in [-0.2, -0.15) is 0 Å². The highest BCUT2D eigenvalue weighted by Gasteiger charge is 2.70. The second-order valence-electron chi connectivity index (χ2n) is 5.23. The summed E-state index contributed by atoms with van der Waals surface area (Å²) in [5, 5.41) is 9.24. The monoisotopic (exact) mass is 166 g/mol. The highest BCUT2D eigenvalue weighted by Crippen LogP contribution is 2.78. The standard InChI is InChI=1S/C11H18O/c12-8-9-7-10-3-1-2-4-11(9,10)6-5-10/h9,12H,1-8H2/t9-,10-,11+/m1/s1. The van der Waals surface area contributed by atoms with Crippen molar-refractivity contribution in [3.05, 3.63) is 0 Å². The Bertz CT molecular complexity index is 213. The van der Waals surface area contributed by atoms with Gasteiger partial charge < -0.3 is 5.11 Å². The molecule has 3 saturated carbocycles. The Balaban J connectivity index is 1.88. The lowest BCUT2D eigenvalue weighted by Crippen LogP contribution is -2.67. The fourth-order valence-corrected chi connectivity index (χ4v) is 4.49. The summed E-state index contributed by atoms with van der Waals surface area (Å²) in [4.78, 5) is 0. The fourth-order valence-electron chi connectivity index (χ4n) is 4.49. The van der Waals surface area contributed by atoms with Crippen molar-refractivity contribution in [2.75, 3.05) is 6.61 Å². The molecule has 0 radical (unpaired) electrons. The van der Waals surface area contributed by atoms with Crippen LogP contribution >= 0.6 is 0 Å². The fraction of sp³-hybridized carbons (Fsp3) is 1.00. The minimum atomic E-state index is 0.460. The van der Waals surface area contributed by atoms with E-state index in [0.29, 0.717) is 17.9 Å². The van der Waals surface area contributed by atoms with E-state index in [0.717, 1.165) is 5.41 Å². The maximum absolute atomic E-state index is 9.24. The van der Waals surface area contributed by atoms with E-state index in [4.69, 9.17) is 0 Å². The molecular formula is C11H18O. The predicted molar refractivity (Wildman–Crippen MR) is 47.8 cm³/mol. The first-order chi connectivity index (χ1) is 5.83. The van der Waals surface area contributed by atoms with Gasteiger partial charge in [-0.05, 0) is 48.9 Å². The zero-order valence-corrected chi connectivity index (χ0v) is 7.68. The van der Waals surface area contributed by atoms with Crippen molar-refractivity contribution in [2.24, 2.45) is 16.7 Å². The minimum Gasteiger partial charge on any atom is -0.396 e. The van der Waals surface area contributed by atoms with Crippen LogP contribution in [0, 0.1) is 16.7 Å². The molecule has 3 fully saturated rings. The summed E-state index contributed by atoms with van der Waals surface area (Å²) < 4.78 is 0. The highest BCUT2D eigenvalue weighted by atomic mass is 16.3. The third-order valence-corrected chi connectivity index (χ3v) is 5.27. The smallest absolute Gasteiger partial charge is 0.0464 e. The van der Waals surface area contributed by atoms with Crippen LogP contribution in [0.1, 0.15) is 44.9 Å². The molecule has 0 aromatic carbocycles. The molecule has 0 unspecified atom stereocenters. The molecule has 0 aliphatic heterocycles. The van der Waals surface area contributed by atoms with Crippen LogP contribution in [0.15, 0.2) is 0 Å². The van der Waals surface area contributed by atoms with Gasteiger partial charge in [0.25, 0.3) is 0 Å². The van der Waals surface area contributed by atoms with Crippen LogP contribution in [-0.4, -0.2) is 11.7 Å². The molecule has 3 atom stereocenters. The molecule has 0 aromatic heterocycles. The topological polar surface area (TPSA) is 20.2 Å². The van der Waals surface area contributed by atoms with Crippen LogP contribution in [0.4, 0.5) is 0 Å². The maximum Gasteiger partial charge on any atom is 0.0464 e. The molecular weight excluding hydrogens is 148 g/mol. The molecule has 0 saturated heterocycles. The van der Waals surface area contributed by atoms with E-state index in [1.807, 2.05) is 0 Å². The van der Waals surface area contributed by atoms with Crippen LogP contribution < -0.4 is 0 Å². The summed E-state index contributed by atoms with van der Waals surface area (Å²) in [5.41, 5.74) is 1.40. The van der Waals surface area contributed by atoms with Gasteiger partial charge >= 0.3 is 0 Å². The zero-order valence-electron chi connectivity index (χ0n) is 7.68. The van der Waals surface area contributed by atoms with E-state index in [-0.39, 0.29) is 0 Å². The Morgan fingerprint density at radius 2 is 1.92 bits per heavy atom. The average Bonchev–Trinajstić information content (AvgIpc) is 2.03. The number of aliphatic hydroxyl groups is 1. The van der Waals surface area contributed by atoms with E-state index in [9.17, 15) is 5.11 Å². The van der Waals surface area contributed by atoms with Gasteiger partial charge in [-0.3, -0.25) is 0 Å². The lowest BCUT2D eigenvalue weighted by atomic mass is 9.30. The van der Waals surface area contributed by atoms with Gasteiger partial charge in [0.1, 0.15) is 0 Å². The summed E-state index contributed by atoms with van der Waals surface area (Å²) in [5.74, 6) is 0.687. The van der Waals surface area contributed by atoms with Crippen LogP contribution in [0.5, 0.6) is 0 Å². The third kappa shape index (κ3) is 0.555. The van der Waals surface area contributed by atoms with E-state index < -0.39 is 0 Å². The Morgan fingerprint density at radius 3 is 2.50 bits per heavy atom. The first-order valence-corrected chi connectivity index (χ1v) is 5.44. The minimum absolute atomic E-state index is 0.460. The SMILES string of the molecule is OC[C@H]1C[C@]23CCCC[C@]12CC3. The van der Waals surface area contributed by atoms with Crippen molar-refractivity contribution in [1.29, 1.82) is 0 Å². The van der Waals surface area contributed by atoms with Gasteiger partial charge in [0.15, 0.2) is 0 Å². The summed E-state index contributed by atoms with van der Waals surface area (Å²) in [7, 11) is 0. The van der Waals surface area contributed by atoms with Gasteiger partial charge in [-0.25, -0.2) is 0 Å². The molecule has 68 valence electrons. The molecule has 0 heterocycles. The second kappa shape index (κ2) is 2.06. The Morgan fingerprint density at radius 1 is 1.08 bits per heavy atom. The molecule has 0 amide bonds. The van der Waals surface area contributed by atoms with Crippen LogP contribution in [0.2, 0.25) is 0 Å². The van der Waals surface area contributed by atoms with Crippen LogP contribution in [-0.2, 0) is 0 Å². The molecule has 3 aliphatic carbocycles. The molecule has 1 heteroatoms. The van der Waals surface area contributed by atoms with Crippen molar-refractivity contribution in [1.82, 2.24) is 0 Å². The van der Waals surface area contributed by atoms with Gasteiger partial charge in [0.05, 0.1) is 0 Å². The summed E-state index contributed by atoms with van der Waals surface area (Å²) in [6.07, 6.45) is 10.0. The lowest BCUT2D eigenvalue weighted by molar-refractivity contribution is -0.264. The highest BCUT2D eigenvalue weighted by molar-refractivity contribution is 5.19. The zero-order chi connectivity index (χ0) is 8.23. The molecule has 12 heavy (non-hydrogen) atoms. The van der Waals surface area contributed by atoms with Crippen molar-refractivity contribution in [3.63, 3.8) is 0 Å². The van der Waals surface area contributed by atoms with Gasteiger partial charge in [0, 0.05) is 6.61 Å². The molecule has 3 rings (SSSR count). The summed E-state index contributed by atoms with van der Waals surface area (Å²) in [6, 6.07) is 0. The summed E-state index contributed by atoms with van der Waals surface area (Å²) >= 11 is 0. The van der Waals surface area contributed by atoms with E-state index in [2.05, 4.69) is 0 Å². The quantitative estimate of drug-likeness (QED) is 0.634. The number of aliphatic hydroxyl groups excluding tert-OH is 1.